The zero-order chi connectivity index (χ0) is 20.3. The fourth-order valence-electron chi connectivity index (χ4n) is 2.65. The molecule has 0 bridgehead atoms. The van der Waals surface area contributed by atoms with Crippen LogP contribution in [0.1, 0.15) is 22.8 Å². The molecule has 0 radical (unpaired) electrons. The van der Waals surface area contributed by atoms with Crippen LogP contribution in [0, 0.1) is 11.6 Å². The molecular formula is C21H14F4O3. The minimum absolute atomic E-state index is 0.0603. The Bertz CT molecular complexity index is 1060. The molecule has 0 amide bonds. The van der Waals surface area contributed by atoms with E-state index in [2.05, 4.69) is 0 Å². The highest BCUT2D eigenvalue weighted by atomic mass is 19.3. The molecule has 3 aromatic carbocycles. The van der Waals surface area contributed by atoms with Gasteiger partial charge in [-0.05, 0) is 60.8 Å². The summed E-state index contributed by atoms with van der Waals surface area (Å²) >= 11 is 0. The molecule has 0 N–H and O–H groups in total. The average Bonchev–Trinajstić information content (AvgIpc) is 2.65. The number of fused-ring (bicyclic) bond motifs is 1. The Labute approximate surface area is 157 Å². The largest absolute Gasteiger partial charge is 0.494 e. The van der Waals surface area contributed by atoms with E-state index in [0.29, 0.717) is 12.4 Å². The van der Waals surface area contributed by atoms with Gasteiger partial charge < -0.3 is 9.47 Å². The highest BCUT2D eigenvalue weighted by Gasteiger charge is 2.15. The molecule has 3 nitrogen and oxygen atoms in total. The molecule has 0 aliphatic rings. The maximum atomic E-state index is 14.3. The first-order chi connectivity index (χ1) is 13.4. The highest BCUT2D eigenvalue weighted by Crippen LogP contribution is 2.29. The highest BCUT2D eigenvalue weighted by molar-refractivity contribution is 5.92. The second-order valence-corrected chi connectivity index (χ2v) is 5.75. The third-order valence-corrected chi connectivity index (χ3v) is 3.90. The number of hydrogen-bond acceptors (Lipinski definition) is 3. The van der Waals surface area contributed by atoms with Gasteiger partial charge in [-0.1, -0.05) is 0 Å². The van der Waals surface area contributed by atoms with E-state index in [1.165, 1.54) is 30.3 Å². The molecule has 0 aliphatic carbocycles. The van der Waals surface area contributed by atoms with Crippen LogP contribution in [0.5, 0.6) is 11.5 Å². The maximum Gasteiger partial charge on any atom is 0.343 e. The summed E-state index contributed by atoms with van der Waals surface area (Å²) < 4.78 is 63.6. The lowest BCUT2D eigenvalue weighted by atomic mass is 10.0. The first kappa shape index (κ1) is 19.4. The summed E-state index contributed by atoms with van der Waals surface area (Å²) in [6.45, 7) is 2.32. The maximum absolute atomic E-state index is 14.3. The van der Waals surface area contributed by atoms with Gasteiger partial charge >= 0.3 is 5.97 Å². The van der Waals surface area contributed by atoms with Crippen LogP contribution in [0.15, 0.2) is 54.6 Å². The number of ether oxygens (including phenoxy) is 2. The van der Waals surface area contributed by atoms with Crippen LogP contribution in [0.4, 0.5) is 17.6 Å². The monoisotopic (exact) mass is 390 g/mol. The minimum Gasteiger partial charge on any atom is -0.494 e. The normalized spacial score (nSPS) is 10.6. The molecule has 0 fully saturated rings. The molecule has 0 unspecified atom stereocenters. The van der Waals surface area contributed by atoms with Gasteiger partial charge in [-0.2, -0.15) is 8.78 Å². The van der Waals surface area contributed by atoms with E-state index in [9.17, 15) is 22.4 Å². The Morgan fingerprint density at radius 2 is 1.68 bits per heavy atom. The van der Waals surface area contributed by atoms with E-state index in [1.54, 1.807) is 12.1 Å². The molecule has 0 atom stereocenters. The molecule has 0 spiro atoms. The lowest BCUT2D eigenvalue weighted by molar-refractivity contribution is 0.0735. The van der Waals surface area contributed by atoms with Gasteiger partial charge in [-0.3, -0.25) is 0 Å². The van der Waals surface area contributed by atoms with E-state index in [4.69, 9.17) is 9.47 Å². The molecule has 0 saturated carbocycles. The smallest absolute Gasteiger partial charge is 0.343 e. The van der Waals surface area contributed by atoms with Crippen molar-refractivity contribution in [1.29, 1.82) is 0 Å². The first-order valence-electron chi connectivity index (χ1n) is 8.28. The van der Waals surface area contributed by atoms with Gasteiger partial charge in [0.1, 0.15) is 23.1 Å². The van der Waals surface area contributed by atoms with Gasteiger partial charge in [0.05, 0.1) is 17.7 Å². The number of hydrogen-bond donors (Lipinski definition) is 0. The van der Waals surface area contributed by atoms with Crippen LogP contribution < -0.4 is 9.47 Å². The van der Waals surface area contributed by atoms with Gasteiger partial charge in [0.2, 0.25) is 0 Å². The van der Waals surface area contributed by atoms with E-state index in [-0.39, 0.29) is 28.2 Å². The third-order valence-electron chi connectivity index (χ3n) is 3.90. The zero-order valence-electron chi connectivity index (χ0n) is 14.6. The van der Waals surface area contributed by atoms with Crippen LogP contribution in [-0.2, 0) is 0 Å². The Balaban J connectivity index is 1.88. The Morgan fingerprint density at radius 3 is 2.32 bits per heavy atom. The Kier molecular flexibility index (Phi) is 5.63. The summed E-state index contributed by atoms with van der Waals surface area (Å²) in [4.78, 5) is 12.2. The van der Waals surface area contributed by atoms with Crippen molar-refractivity contribution in [2.45, 2.75) is 6.92 Å². The van der Waals surface area contributed by atoms with Crippen molar-refractivity contribution >= 4 is 22.8 Å². The molecule has 0 aliphatic heterocycles. The second kappa shape index (κ2) is 8.12. The van der Waals surface area contributed by atoms with E-state index < -0.39 is 29.2 Å². The van der Waals surface area contributed by atoms with Gasteiger partial charge in [0.15, 0.2) is 0 Å². The fourth-order valence-corrected chi connectivity index (χ4v) is 2.65. The summed E-state index contributed by atoms with van der Waals surface area (Å²) in [5.74, 6) is -2.27. The number of rotatable bonds is 5. The van der Waals surface area contributed by atoms with Crippen molar-refractivity contribution in [3.8, 4) is 11.5 Å². The van der Waals surface area contributed by atoms with Crippen LogP contribution >= 0.6 is 0 Å². The quantitative estimate of drug-likeness (QED) is 0.306. The van der Waals surface area contributed by atoms with Crippen LogP contribution in [0.25, 0.3) is 16.8 Å². The number of carbonyl (C=O) groups excluding carboxylic acids is 1. The molecule has 3 aromatic rings. The number of carbonyl (C=O) groups is 1. The van der Waals surface area contributed by atoms with Gasteiger partial charge in [0, 0.05) is 11.5 Å². The predicted octanol–water partition coefficient (Wildman–Crippen LogP) is 5.97. The molecule has 0 saturated heterocycles. The van der Waals surface area contributed by atoms with E-state index in [0.717, 1.165) is 6.07 Å². The van der Waals surface area contributed by atoms with Crippen LogP contribution in [0.3, 0.4) is 0 Å². The van der Waals surface area contributed by atoms with Gasteiger partial charge in [0.25, 0.3) is 6.08 Å². The number of halogens is 4. The topological polar surface area (TPSA) is 35.5 Å². The lowest BCUT2D eigenvalue weighted by Gasteiger charge is -2.09. The number of esters is 1. The SMILES string of the molecule is CCOc1ccc(C(=O)Oc2ccc3c(F)c(C=C(F)F)c(F)cc3c2)cc1. The summed E-state index contributed by atoms with van der Waals surface area (Å²) in [7, 11) is 0. The zero-order valence-corrected chi connectivity index (χ0v) is 14.6. The van der Waals surface area contributed by atoms with Crippen molar-refractivity contribution in [2.24, 2.45) is 0 Å². The summed E-state index contributed by atoms with van der Waals surface area (Å²) in [5, 5.41) is -0.00169. The van der Waals surface area contributed by atoms with Gasteiger partial charge in [-0.25, -0.2) is 13.6 Å². The fraction of sp³-hybridized carbons (Fsp3) is 0.0952. The first-order valence-corrected chi connectivity index (χ1v) is 8.28. The van der Waals surface area contributed by atoms with Crippen molar-refractivity contribution in [3.63, 3.8) is 0 Å². The average molecular weight is 390 g/mol. The second-order valence-electron chi connectivity index (χ2n) is 5.75. The molecular weight excluding hydrogens is 376 g/mol. The molecule has 0 aromatic heterocycles. The van der Waals surface area contributed by atoms with E-state index >= 15 is 0 Å². The summed E-state index contributed by atoms with van der Waals surface area (Å²) in [5.41, 5.74) is -0.563. The van der Waals surface area contributed by atoms with Gasteiger partial charge in [-0.15, -0.1) is 0 Å². The molecule has 0 heterocycles. The molecule has 3 rings (SSSR count). The predicted molar refractivity (Wildman–Crippen MR) is 96.6 cm³/mol. The number of benzene rings is 3. The summed E-state index contributed by atoms with van der Waals surface area (Å²) in [6, 6.07) is 11.0. The van der Waals surface area contributed by atoms with Crippen molar-refractivity contribution in [1.82, 2.24) is 0 Å². The molecule has 28 heavy (non-hydrogen) atoms. The third kappa shape index (κ3) is 4.14. The van der Waals surface area contributed by atoms with E-state index in [1.807, 2.05) is 6.92 Å². The molecule has 7 heteroatoms. The van der Waals surface area contributed by atoms with Crippen LogP contribution in [0.2, 0.25) is 0 Å². The standard InChI is InChI=1S/C21H14F4O3/c1-2-27-14-5-3-12(4-6-14)21(26)28-15-7-8-16-13(9-15)10-18(22)17(20(16)25)11-19(23)24/h3-11H,2H2,1H3. The van der Waals surface area contributed by atoms with Crippen LogP contribution in [-0.4, -0.2) is 12.6 Å². The minimum atomic E-state index is -2.21. The molecule has 144 valence electrons. The van der Waals surface area contributed by atoms with Crippen molar-refractivity contribution < 1.29 is 31.8 Å². The Hall–Kier alpha value is -3.35. The lowest BCUT2D eigenvalue weighted by Crippen LogP contribution is -2.08. The summed E-state index contributed by atoms with van der Waals surface area (Å²) in [6.07, 6.45) is -2.08. The Morgan fingerprint density at radius 1 is 1.00 bits per heavy atom. The van der Waals surface area contributed by atoms with Crippen molar-refractivity contribution in [2.75, 3.05) is 6.61 Å². The van der Waals surface area contributed by atoms with Crippen molar-refractivity contribution in [3.05, 3.63) is 77.4 Å².